The van der Waals surface area contributed by atoms with Gasteiger partial charge in [0.15, 0.2) is 17.6 Å². The normalized spacial score (nSPS) is 19.9. The van der Waals surface area contributed by atoms with Crippen LogP contribution < -0.4 is 4.74 Å². The molecule has 12 nitrogen and oxygen atoms in total. The van der Waals surface area contributed by atoms with Crippen molar-refractivity contribution in [3.63, 3.8) is 0 Å². The van der Waals surface area contributed by atoms with Crippen molar-refractivity contribution in [1.82, 2.24) is 15.4 Å². The fraction of sp³-hybridized carbons (Fsp3) is 0.364. The molecule has 2 aliphatic heterocycles. The van der Waals surface area contributed by atoms with Crippen LogP contribution in [0.4, 0.5) is 11.4 Å². The van der Waals surface area contributed by atoms with Crippen LogP contribution in [-0.2, 0) is 31.1 Å². The van der Waals surface area contributed by atoms with Gasteiger partial charge in [0.25, 0.3) is 20.2 Å². The quantitative estimate of drug-likeness (QED) is 0.0645. The van der Waals surface area contributed by atoms with Gasteiger partial charge in [-0.1, -0.05) is 36.4 Å². The number of hydrogen-bond acceptors (Lipinski definition) is 7. The van der Waals surface area contributed by atoms with Gasteiger partial charge in [-0.25, -0.2) is 0 Å². The first-order chi connectivity index (χ1) is 27.5. The molecule has 3 aliphatic rings. The fourth-order valence-electron chi connectivity index (χ4n) is 8.40. The zero-order valence-electron chi connectivity index (χ0n) is 33.3. The van der Waals surface area contributed by atoms with Crippen molar-refractivity contribution in [2.45, 2.75) is 83.5 Å². The minimum atomic E-state index is -4.06. The largest absolute Gasteiger partial charge is 0.457 e. The van der Waals surface area contributed by atoms with Gasteiger partial charge in [0, 0.05) is 54.3 Å². The van der Waals surface area contributed by atoms with E-state index in [4.69, 9.17) is 4.74 Å². The van der Waals surface area contributed by atoms with E-state index < -0.39 is 20.2 Å². The topological polar surface area (TPSA) is 166 Å². The highest BCUT2D eigenvalue weighted by atomic mass is 32.2. The molecule has 0 fully saturated rings. The Bertz CT molecular complexity index is 2670. The maximum absolute atomic E-state index is 11.5. The van der Waals surface area contributed by atoms with Crippen molar-refractivity contribution in [3.05, 3.63) is 125 Å². The Morgan fingerprint density at radius 2 is 1.45 bits per heavy atom. The number of para-hydroxylation sites is 2. The molecular weight excluding hydrogens is 775 g/mol. The molecule has 1 aliphatic carbocycles. The molecular formula is C44H51N5O7S2+2. The third-order valence-electron chi connectivity index (χ3n) is 11.4. The van der Waals surface area contributed by atoms with Crippen molar-refractivity contribution in [2.24, 2.45) is 0 Å². The summed E-state index contributed by atoms with van der Waals surface area (Å²) in [6.07, 6.45) is 14.8. The maximum atomic E-state index is 11.5. The standard InChI is InChI=1S/C44H49N5O7S2/c1-43(2)34-16-5-7-18-38(34)48(26-9-11-28-57(50,51)52)40(43)24-20-31-14-13-15-32(42(31)56-33-22-23-36-37(30-33)46-47-45-36)21-25-41-44(3,4)35-17-6-8-19-39(35)49(41)27-10-12-29-58(53,54)55/h5-8,16-26,30H,9-15,27-29H2,1-4H3,(H-2,45,46,47,50,51,52,53,54,55)/p+2. The van der Waals surface area contributed by atoms with Crippen LogP contribution in [0.2, 0.25) is 0 Å². The lowest BCUT2D eigenvalue weighted by atomic mass is 9.81. The smallest absolute Gasteiger partial charge is 0.264 e. The minimum Gasteiger partial charge on any atom is -0.457 e. The van der Waals surface area contributed by atoms with Crippen LogP contribution in [0, 0.1) is 0 Å². The van der Waals surface area contributed by atoms with Crippen molar-refractivity contribution < 1.29 is 39.8 Å². The summed E-state index contributed by atoms with van der Waals surface area (Å²) in [7, 11) is -8.10. The lowest BCUT2D eigenvalue weighted by Crippen LogP contribution is -2.28. The number of ether oxygens (including phenoxy) is 1. The first-order valence-corrected chi connectivity index (χ1v) is 22.9. The molecule has 304 valence electrons. The van der Waals surface area contributed by atoms with Crippen LogP contribution in [0.5, 0.6) is 5.75 Å². The van der Waals surface area contributed by atoms with Gasteiger partial charge >= 0.3 is 0 Å². The average molecular weight is 826 g/mol. The van der Waals surface area contributed by atoms with Crippen molar-refractivity contribution in [1.29, 1.82) is 0 Å². The Morgan fingerprint density at radius 3 is 2.19 bits per heavy atom. The molecule has 1 aromatic heterocycles. The van der Waals surface area contributed by atoms with Crippen molar-refractivity contribution >= 4 is 54.6 Å². The summed E-state index contributed by atoms with van der Waals surface area (Å²) in [5.41, 5.74) is 9.36. The molecule has 0 unspecified atom stereocenters. The zero-order chi connectivity index (χ0) is 41.3. The SMILES string of the molecule is CC1(C)C(=CC=C2CCCC(C=CC3=[N+](CCCCS(=O)(=O)O)c4ccccc4C3(C)C)=C2Oc2ccc3n[nH]nc3c2)[N+](=CCCCS(=O)(=O)O)c2ccccc21. The molecule has 0 saturated carbocycles. The number of benzene rings is 3. The number of H-pyrrole nitrogens is 1. The molecule has 4 aromatic rings. The van der Waals surface area contributed by atoms with E-state index in [0.29, 0.717) is 43.5 Å². The minimum absolute atomic E-state index is 0.275. The van der Waals surface area contributed by atoms with E-state index in [-0.39, 0.29) is 22.3 Å². The highest BCUT2D eigenvalue weighted by Gasteiger charge is 2.46. The van der Waals surface area contributed by atoms with Crippen molar-refractivity contribution in [3.8, 4) is 5.75 Å². The van der Waals surface area contributed by atoms with Gasteiger partial charge in [0.1, 0.15) is 29.1 Å². The number of hydrogen-bond donors (Lipinski definition) is 3. The predicted octanol–water partition coefficient (Wildman–Crippen LogP) is 8.26. The zero-order valence-corrected chi connectivity index (χ0v) is 35.0. The number of allylic oxidation sites excluding steroid dienone is 7. The Balaban J connectivity index is 1.31. The van der Waals surface area contributed by atoms with Crippen LogP contribution in [0.1, 0.15) is 83.8 Å². The van der Waals surface area contributed by atoms with Crippen LogP contribution in [0.3, 0.4) is 0 Å². The van der Waals surface area contributed by atoms with E-state index in [1.807, 2.05) is 48.7 Å². The average Bonchev–Trinajstić information content (AvgIpc) is 3.79. The second-order valence-corrected chi connectivity index (χ2v) is 19.3. The Labute approximate surface area is 340 Å². The first-order valence-electron chi connectivity index (χ1n) is 19.7. The maximum Gasteiger partial charge on any atom is 0.264 e. The van der Waals surface area contributed by atoms with Gasteiger partial charge in [0.2, 0.25) is 11.4 Å². The summed E-state index contributed by atoms with van der Waals surface area (Å²) in [6.45, 7) is 9.37. The van der Waals surface area contributed by atoms with E-state index in [1.165, 1.54) is 5.56 Å². The molecule has 3 N–H and O–H groups in total. The second-order valence-electron chi connectivity index (χ2n) is 16.2. The van der Waals surface area contributed by atoms with E-state index in [0.717, 1.165) is 70.0 Å². The van der Waals surface area contributed by atoms with Crippen LogP contribution in [0.25, 0.3) is 11.0 Å². The number of aromatic nitrogens is 3. The van der Waals surface area contributed by atoms with Gasteiger partial charge in [-0.3, -0.25) is 9.11 Å². The lowest BCUT2D eigenvalue weighted by Gasteiger charge is -2.22. The van der Waals surface area contributed by atoms with Gasteiger partial charge in [0.05, 0.1) is 22.3 Å². The molecule has 0 radical (unpaired) electrons. The first kappa shape index (κ1) is 41.2. The summed E-state index contributed by atoms with van der Waals surface area (Å²) in [4.78, 5) is 0. The fourth-order valence-corrected chi connectivity index (χ4v) is 9.50. The van der Waals surface area contributed by atoms with Crippen molar-refractivity contribution in [2.75, 3.05) is 18.1 Å². The molecule has 0 bridgehead atoms. The molecule has 0 spiro atoms. The summed E-state index contributed by atoms with van der Waals surface area (Å²) in [5.74, 6) is 0.810. The number of nitrogens with one attached hydrogen (secondary N) is 1. The van der Waals surface area contributed by atoms with Crippen LogP contribution in [-0.4, -0.2) is 80.5 Å². The monoisotopic (exact) mass is 825 g/mol. The predicted molar refractivity (Wildman–Crippen MR) is 227 cm³/mol. The Morgan fingerprint density at radius 1 is 0.776 bits per heavy atom. The summed E-state index contributed by atoms with van der Waals surface area (Å²) in [5, 5.41) is 11.2. The van der Waals surface area contributed by atoms with E-state index >= 15 is 0 Å². The van der Waals surface area contributed by atoms with Gasteiger partial charge in [-0.05, 0) is 95.2 Å². The molecule has 14 heteroatoms. The highest BCUT2D eigenvalue weighted by Crippen LogP contribution is 2.47. The summed E-state index contributed by atoms with van der Waals surface area (Å²) in [6, 6.07) is 22.2. The summed E-state index contributed by atoms with van der Waals surface area (Å²) >= 11 is 0. The Kier molecular flexibility index (Phi) is 11.6. The lowest BCUT2D eigenvalue weighted by molar-refractivity contribution is -0.438. The molecule has 7 rings (SSSR count). The number of unbranched alkanes of at least 4 members (excludes halogenated alkanes) is 2. The number of nitrogens with zero attached hydrogens (tertiary/aromatic N) is 4. The Hall–Kier alpha value is -5.02. The third-order valence-corrected chi connectivity index (χ3v) is 13.0. The molecule has 3 heterocycles. The third kappa shape index (κ3) is 8.85. The number of aromatic amines is 1. The number of fused-ring (bicyclic) bond motifs is 3. The van der Waals surface area contributed by atoms with Crippen LogP contribution in [0.15, 0.2) is 114 Å². The van der Waals surface area contributed by atoms with Gasteiger partial charge in [-0.15, -0.1) is 0 Å². The number of rotatable bonds is 14. The molecule has 58 heavy (non-hydrogen) atoms. The van der Waals surface area contributed by atoms with E-state index in [1.54, 1.807) is 0 Å². The molecule has 0 saturated heterocycles. The van der Waals surface area contributed by atoms with Gasteiger partial charge in [-0.2, -0.15) is 41.4 Å². The van der Waals surface area contributed by atoms with Gasteiger partial charge < -0.3 is 4.74 Å². The molecule has 3 aromatic carbocycles. The molecule has 0 atom stereocenters. The highest BCUT2D eigenvalue weighted by molar-refractivity contribution is 7.86. The van der Waals surface area contributed by atoms with Crippen LogP contribution >= 0.6 is 0 Å². The second kappa shape index (κ2) is 16.3. The van der Waals surface area contributed by atoms with E-state index in [9.17, 15) is 25.9 Å². The summed E-state index contributed by atoms with van der Waals surface area (Å²) < 4.78 is 75.8. The van der Waals surface area contributed by atoms with E-state index in [2.05, 4.69) is 101 Å². The molecule has 0 amide bonds.